The highest BCUT2D eigenvalue weighted by molar-refractivity contribution is 7.79. The lowest BCUT2D eigenvalue weighted by molar-refractivity contribution is 0.263. The van der Waals surface area contributed by atoms with Crippen LogP contribution in [0.4, 0.5) is 0 Å². The molecule has 136 valence electrons. The SMILES string of the molecule is CCP1(=O)c2cc(OCC3CO3)ccc2-c2ccc(OCC3CO3)cc21. The van der Waals surface area contributed by atoms with Crippen molar-refractivity contribution in [3.8, 4) is 22.6 Å². The smallest absolute Gasteiger partial charge is 0.144 e. The minimum Gasteiger partial charge on any atom is -0.491 e. The molecule has 5 rings (SSSR count). The number of ether oxygens (including phenoxy) is 4. The van der Waals surface area contributed by atoms with Gasteiger partial charge in [0.15, 0.2) is 0 Å². The highest BCUT2D eigenvalue weighted by Gasteiger charge is 2.38. The maximum Gasteiger partial charge on any atom is 0.144 e. The molecular weight excluding hydrogens is 351 g/mol. The number of fused-ring (bicyclic) bond motifs is 3. The van der Waals surface area contributed by atoms with E-state index < -0.39 is 7.14 Å². The van der Waals surface area contributed by atoms with Crippen molar-refractivity contribution in [2.45, 2.75) is 19.1 Å². The summed E-state index contributed by atoms with van der Waals surface area (Å²) in [6.07, 6.45) is 0.986. The highest BCUT2D eigenvalue weighted by Crippen LogP contribution is 2.53. The molecule has 0 saturated carbocycles. The predicted molar refractivity (Wildman–Crippen MR) is 99.8 cm³/mol. The van der Waals surface area contributed by atoms with E-state index in [4.69, 9.17) is 18.9 Å². The van der Waals surface area contributed by atoms with Crippen LogP contribution in [0.1, 0.15) is 6.92 Å². The van der Waals surface area contributed by atoms with E-state index in [-0.39, 0.29) is 12.2 Å². The van der Waals surface area contributed by atoms with Gasteiger partial charge in [0.25, 0.3) is 0 Å². The summed E-state index contributed by atoms with van der Waals surface area (Å²) < 4.78 is 35.9. The fourth-order valence-corrected chi connectivity index (χ4v) is 6.21. The maximum absolute atomic E-state index is 13.9. The van der Waals surface area contributed by atoms with Crippen LogP contribution in [0, 0.1) is 0 Å². The van der Waals surface area contributed by atoms with Crippen molar-refractivity contribution in [2.75, 3.05) is 32.6 Å². The fraction of sp³-hybridized carbons (Fsp3) is 0.400. The van der Waals surface area contributed by atoms with E-state index in [2.05, 4.69) is 0 Å². The second-order valence-electron chi connectivity index (χ2n) is 6.95. The Kier molecular flexibility index (Phi) is 3.85. The van der Waals surface area contributed by atoms with Gasteiger partial charge in [-0.25, -0.2) is 0 Å². The summed E-state index contributed by atoms with van der Waals surface area (Å²) >= 11 is 0. The first kappa shape index (κ1) is 16.4. The van der Waals surface area contributed by atoms with Crippen LogP contribution in [0.3, 0.4) is 0 Å². The number of rotatable bonds is 7. The molecular formula is C20H21O5P. The van der Waals surface area contributed by atoms with E-state index in [0.29, 0.717) is 19.4 Å². The largest absolute Gasteiger partial charge is 0.491 e. The van der Waals surface area contributed by atoms with Crippen LogP contribution < -0.4 is 20.1 Å². The first-order valence-electron chi connectivity index (χ1n) is 9.05. The lowest BCUT2D eigenvalue weighted by Gasteiger charge is -2.14. The molecule has 0 N–H and O–H groups in total. The van der Waals surface area contributed by atoms with Crippen LogP contribution in [0.15, 0.2) is 36.4 Å². The summed E-state index contributed by atoms with van der Waals surface area (Å²) in [6.45, 7) is 4.60. The topological polar surface area (TPSA) is 60.6 Å². The molecule has 2 aromatic rings. The second kappa shape index (κ2) is 6.12. The second-order valence-corrected chi connectivity index (χ2v) is 10.0. The Morgan fingerprint density at radius 1 is 0.923 bits per heavy atom. The molecule has 2 fully saturated rings. The molecule has 2 aromatic carbocycles. The van der Waals surface area contributed by atoms with Gasteiger partial charge in [0.05, 0.1) is 13.2 Å². The standard InChI is InChI=1S/C20H21O5P/c1-2-26(21)19-7-13(22-9-15-11-24-15)3-5-17(19)18-6-4-14(8-20(18)26)23-10-16-12-25-16/h3-8,15-16H,2,9-12H2,1H3. The van der Waals surface area contributed by atoms with E-state index in [9.17, 15) is 4.57 Å². The Morgan fingerprint density at radius 3 is 1.77 bits per heavy atom. The van der Waals surface area contributed by atoms with Gasteiger partial charge in [-0.3, -0.25) is 0 Å². The van der Waals surface area contributed by atoms with Crippen LogP contribution in [0.2, 0.25) is 0 Å². The molecule has 0 aromatic heterocycles. The van der Waals surface area contributed by atoms with E-state index in [1.54, 1.807) is 0 Å². The van der Waals surface area contributed by atoms with Gasteiger partial charge in [-0.2, -0.15) is 0 Å². The summed E-state index contributed by atoms with van der Waals surface area (Å²) in [4.78, 5) is 0. The Bertz CT molecular complexity index is 832. The van der Waals surface area contributed by atoms with E-state index >= 15 is 0 Å². The quantitative estimate of drug-likeness (QED) is 0.552. The van der Waals surface area contributed by atoms with Crippen LogP contribution in [0.25, 0.3) is 11.1 Å². The van der Waals surface area contributed by atoms with Gasteiger partial charge < -0.3 is 23.5 Å². The molecule has 0 aliphatic carbocycles. The van der Waals surface area contributed by atoms with Crippen LogP contribution in [0.5, 0.6) is 11.5 Å². The van der Waals surface area contributed by atoms with Crippen LogP contribution in [-0.4, -0.2) is 44.8 Å². The molecule has 0 spiro atoms. The zero-order valence-corrected chi connectivity index (χ0v) is 15.5. The van der Waals surface area contributed by atoms with Gasteiger partial charge in [0.1, 0.15) is 44.1 Å². The minimum atomic E-state index is -2.67. The molecule has 2 unspecified atom stereocenters. The first-order valence-corrected chi connectivity index (χ1v) is 10.9. The van der Waals surface area contributed by atoms with Crippen LogP contribution in [-0.2, 0) is 14.0 Å². The molecule has 2 atom stereocenters. The molecule has 3 aliphatic rings. The van der Waals surface area contributed by atoms with E-state index in [0.717, 1.165) is 46.4 Å². The van der Waals surface area contributed by atoms with Crippen molar-refractivity contribution >= 4 is 17.8 Å². The Labute approximate surface area is 152 Å². The van der Waals surface area contributed by atoms with Gasteiger partial charge in [-0.05, 0) is 47.5 Å². The Morgan fingerprint density at radius 2 is 1.38 bits per heavy atom. The van der Waals surface area contributed by atoms with Gasteiger partial charge in [0.2, 0.25) is 0 Å². The van der Waals surface area contributed by atoms with Crippen molar-refractivity contribution in [1.29, 1.82) is 0 Å². The van der Waals surface area contributed by atoms with Gasteiger partial charge in [0, 0.05) is 16.8 Å². The molecule has 0 radical (unpaired) electrons. The monoisotopic (exact) mass is 372 g/mol. The molecule has 0 amide bonds. The lowest BCUT2D eigenvalue weighted by atomic mass is 10.1. The molecule has 6 heteroatoms. The van der Waals surface area contributed by atoms with Crippen molar-refractivity contribution in [1.82, 2.24) is 0 Å². The van der Waals surface area contributed by atoms with Gasteiger partial charge in [-0.15, -0.1) is 0 Å². The summed E-state index contributed by atoms with van der Waals surface area (Å²) in [5, 5.41) is 1.79. The van der Waals surface area contributed by atoms with E-state index in [1.807, 2.05) is 43.3 Å². The zero-order chi connectivity index (χ0) is 17.7. The molecule has 2 saturated heterocycles. The summed E-state index contributed by atoms with van der Waals surface area (Å²) in [7, 11) is -2.67. The summed E-state index contributed by atoms with van der Waals surface area (Å²) in [6, 6.07) is 11.8. The maximum atomic E-state index is 13.9. The average molecular weight is 372 g/mol. The van der Waals surface area contributed by atoms with Crippen molar-refractivity contribution < 1.29 is 23.5 Å². The highest BCUT2D eigenvalue weighted by atomic mass is 31.2. The third-order valence-corrected chi connectivity index (χ3v) is 8.32. The number of epoxide rings is 2. The van der Waals surface area contributed by atoms with Crippen molar-refractivity contribution in [2.24, 2.45) is 0 Å². The third-order valence-electron chi connectivity index (χ3n) is 5.13. The van der Waals surface area contributed by atoms with Crippen molar-refractivity contribution in [3.05, 3.63) is 36.4 Å². The summed E-state index contributed by atoms with van der Waals surface area (Å²) in [5.41, 5.74) is 2.08. The predicted octanol–water partition coefficient (Wildman–Crippen LogP) is 2.56. The zero-order valence-electron chi connectivity index (χ0n) is 14.6. The average Bonchev–Trinajstić information content (AvgIpc) is 3.59. The first-order chi connectivity index (χ1) is 12.7. The summed E-state index contributed by atoms with van der Waals surface area (Å²) in [5.74, 6) is 1.51. The van der Waals surface area contributed by atoms with E-state index in [1.165, 1.54) is 0 Å². The molecule has 0 bridgehead atoms. The Balaban J connectivity index is 1.48. The number of hydrogen-bond donors (Lipinski definition) is 0. The van der Waals surface area contributed by atoms with Crippen LogP contribution >= 0.6 is 7.14 Å². The number of hydrogen-bond acceptors (Lipinski definition) is 5. The van der Waals surface area contributed by atoms with Gasteiger partial charge in [-0.1, -0.05) is 6.92 Å². The Hall–Kier alpha value is -1.81. The molecule has 5 nitrogen and oxygen atoms in total. The minimum absolute atomic E-state index is 0.202. The fourth-order valence-electron chi connectivity index (χ4n) is 3.43. The number of benzene rings is 2. The van der Waals surface area contributed by atoms with Crippen molar-refractivity contribution in [3.63, 3.8) is 0 Å². The normalized spacial score (nSPS) is 27.6. The molecule has 3 heterocycles. The third kappa shape index (κ3) is 2.84. The lowest BCUT2D eigenvalue weighted by Crippen LogP contribution is -2.13. The van der Waals surface area contributed by atoms with Gasteiger partial charge >= 0.3 is 0 Å². The molecule has 26 heavy (non-hydrogen) atoms. The molecule has 3 aliphatic heterocycles.